The van der Waals surface area contributed by atoms with Gasteiger partial charge in [-0.3, -0.25) is 4.79 Å². The molecule has 100 valence electrons. The van der Waals surface area contributed by atoms with Crippen LogP contribution in [0.3, 0.4) is 0 Å². The van der Waals surface area contributed by atoms with Crippen LogP contribution in [0.25, 0.3) is 0 Å². The second-order valence-electron chi connectivity index (χ2n) is 3.94. The Bertz CT molecular complexity index is 458. The lowest BCUT2D eigenvalue weighted by molar-refractivity contribution is -0.135. The Morgan fingerprint density at radius 1 is 1.61 bits per heavy atom. The molecule has 8 heteroatoms. The Balaban J connectivity index is 2.43. The van der Waals surface area contributed by atoms with Crippen LogP contribution in [0.15, 0.2) is 4.47 Å². The Labute approximate surface area is 113 Å². The van der Waals surface area contributed by atoms with Crippen LogP contribution in [0.2, 0.25) is 0 Å². The third-order valence-electron chi connectivity index (χ3n) is 2.91. The summed E-state index contributed by atoms with van der Waals surface area (Å²) in [7, 11) is 3.15. The van der Waals surface area contributed by atoms with Crippen LogP contribution >= 0.6 is 15.9 Å². The molecule has 0 aliphatic carbocycles. The van der Waals surface area contributed by atoms with Gasteiger partial charge in [-0.25, -0.2) is 4.68 Å². The number of amides is 1. The first-order valence-corrected chi connectivity index (χ1v) is 6.26. The highest BCUT2D eigenvalue weighted by Gasteiger charge is 2.32. The fourth-order valence-electron chi connectivity index (χ4n) is 2.09. The molecule has 1 atom stereocenters. The number of nitrogens with two attached hydrogens (primary N) is 1. The van der Waals surface area contributed by atoms with Crippen molar-refractivity contribution in [2.45, 2.75) is 18.8 Å². The lowest BCUT2D eigenvalue weighted by Crippen LogP contribution is -2.34. The number of halogens is 1. The minimum Gasteiger partial charge on any atom is -0.369 e. The van der Waals surface area contributed by atoms with E-state index in [0.717, 1.165) is 18.8 Å². The summed E-state index contributed by atoms with van der Waals surface area (Å²) in [6.45, 7) is 0.746. The average Bonchev–Trinajstić information content (AvgIpc) is 2.70. The predicted molar refractivity (Wildman–Crippen MR) is 68.4 cm³/mol. The van der Waals surface area contributed by atoms with Crippen LogP contribution in [-0.2, 0) is 9.47 Å². The summed E-state index contributed by atoms with van der Waals surface area (Å²) in [6.07, 6.45) is 0.365. The van der Waals surface area contributed by atoms with Gasteiger partial charge in [0, 0.05) is 20.8 Å². The maximum Gasteiger partial charge on any atom is 0.270 e. The topological polar surface area (TPSA) is 91.4 Å². The van der Waals surface area contributed by atoms with E-state index in [2.05, 4.69) is 26.3 Å². The van der Waals surface area contributed by atoms with Gasteiger partial charge in [0.2, 0.25) is 0 Å². The molecule has 2 heterocycles. The van der Waals surface area contributed by atoms with Gasteiger partial charge in [-0.15, -0.1) is 0 Å². The molecule has 1 unspecified atom stereocenters. The highest BCUT2D eigenvalue weighted by atomic mass is 79.9. The molecule has 0 saturated heterocycles. The number of hydrogen-bond donors (Lipinski definition) is 2. The standard InChI is InChI=1S/C10H15BrN4O3/c1-17-10(18-2)5-3-4-13-9-6(11)7(8(12)16)14-15(5)9/h5,10,13H,3-4H2,1-2H3,(H2,12,16). The van der Waals surface area contributed by atoms with E-state index in [0.29, 0.717) is 4.47 Å². The molecule has 18 heavy (non-hydrogen) atoms. The number of nitrogens with one attached hydrogen (secondary N) is 1. The number of anilines is 1. The molecule has 1 aromatic rings. The maximum atomic E-state index is 11.3. The van der Waals surface area contributed by atoms with Crippen molar-refractivity contribution < 1.29 is 14.3 Å². The number of hydrogen-bond acceptors (Lipinski definition) is 5. The number of carbonyl (C=O) groups is 1. The van der Waals surface area contributed by atoms with Gasteiger partial charge >= 0.3 is 0 Å². The molecule has 1 aromatic heterocycles. The molecule has 0 bridgehead atoms. The van der Waals surface area contributed by atoms with Crippen molar-refractivity contribution in [3.05, 3.63) is 10.2 Å². The number of methoxy groups -OCH3 is 2. The van der Waals surface area contributed by atoms with Gasteiger partial charge in [0.15, 0.2) is 12.0 Å². The third kappa shape index (κ3) is 2.11. The maximum absolute atomic E-state index is 11.3. The summed E-state index contributed by atoms with van der Waals surface area (Å²) in [5, 5.41) is 7.39. The number of nitrogens with zero attached hydrogens (tertiary/aromatic N) is 2. The van der Waals surface area contributed by atoms with E-state index in [1.807, 2.05) is 0 Å². The molecule has 1 aliphatic heterocycles. The quantitative estimate of drug-likeness (QED) is 0.798. The number of ether oxygens (including phenoxy) is 2. The summed E-state index contributed by atoms with van der Waals surface area (Å²) in [5.74, 6) is 0.148. The zero-order valence-corrected chi connectivity index (χ0v) is 11.7. The van der Waals surface area contributed by atoms with Crippen molar-refractivity contribution in [1.29, 1.82) is 0 Å². The SMILES string of the molecule is COC(OC)C1CCNc2c(Br)c(C(N)=O)nn21. The van der Waals surface area contributed by atoms with Crippen molar-refractivity contribution in [1.82, 2.24) is 9.78 Å². The molecule has 3 N–H and O–H groups in total. The fraction of sp³-hybridized carbons (Fsp3) is 0.600. The van der Waals surface area contributed by atoms with Crippen LogP contribution < -0.4 is 11.1 Å². The average molecular weight is 319 g/mol. The van der Waals surface area contributed by atoms with E-state index in [1.165, 1.54) is 0 Å². The molecule has 2 rings (SSSR count). The van der Waals surface area contributed by atoms with Crippen molar-refractivity contribution >= 4 is 27.7 Å². The molecule has 0 spiro atoms. The second kappa shape index (κ2) is 5.25. The minimum absolute atomic E-state index is 0.0966. The van der Waals surface area contributed by atoms with Gasteiger partial charge in [0.05, 0.1) is 4.47 Å². The van der Waals surface area contributed by atoms with E-state index in [4.69, 9.17) is 15.2 Å². The summed E-state index contributed by atoms with van der Waals surface area (Å²) in [4.78, 5) is 11.3. The van der Waals surface area contributed by atoms with Gasteiger partial charge < -0.3 is 20.5 Å². The fourth-order valence-corrected chi connectivity index (χ4v) is 2.69. The number of rotatable bonds is 4. The minimum atomic E-state index is -0.573. The Kier molecular flexibility index (Phi) is 3.88. The lowest BCUT2D eigenvalue weighted by atomic mass is 10.1. The van der Waals surface area contributed by atoms with E-state index in [1.54, 1.807) is 18.9 Å². The van der Waals surface area contributed by atoms with Crippen LogP contribution in [0.4, 0.5) is 5.82 Å². The zero-order chi connectivity index (χ0) is 13.3. The zero-order valence-electron chi connectivity index (χ0n) is 10.1. The van der Waals surface area contributed by atoms with Gasteiger partial charge in [0.25, 0.3) is 5.91 Å². The predicted octanol–water partition coefficient (Wildman–Crippen LogP) is 0.720. The highest BCUT2D eigenvalue weighted by Crippen LogP contribution is 2.34. The number of primary amides is 1. The van der Waals surface area contributed by atoms with Crippen molar-refractivity contribution in [2.24, 2.45) is 5.73 Å². The third-order valence-corrected chi connectivity index (χ3v) is 3.66. The van der Waals surface area contributed by atoms with Crippen molar-refractivity contribution in [3.8, 4) is 0 Å². The van der Waals surface area contributed by atoms with Crippen molar-refractivity contribution in [3.63, 3.8) is 0 Å². The number of aromatic nitrogens is 2. The van der Waals surface area contributed by atoms with Crippen LogP contribution in [0, 0.1) is 0 Å². The van der Waals surface area contributed by atoms with Gasteiger partial charge in [-0.1, -0.05) is 0 Å². The Hall–Kier alpha value is -1.12. The second-order valence-corrected chi connectivity index (χ2v) is 4.74. The Morgan fingerprint density at radius 3 is 2.83 bits per heavy atom. The summed E-state index contributed by atoms with van der Waals surface area (Å²) >= 11 is 3.33. The first kappa shape index (κ1) is 13.3. The van der Waals surface area contributed by atoms with Crippen LogP contribution in [-0.4, -0.2) is 42.7 Å². The largest absolute Gasteiger partial charge is 0.369 e. The van der Waals surface area contributed by atoms with E-state index in [9.17, 15) is 4.79 Å². The first-order valence-electron chi connectivity index (χ1n) is 5.47. The molecular formula is C10H15BrN4O3. The van der Waals surface area contributed by atoms with E-state index < -0.39 is 12.2 Å². The molecule has 0 saturated carbocycles. The number of fused-ring (bicyclic) bond motifs is 1. The lowest BCUT2D eigenvalue weighted by Gasteiger charge is -2.30. The first-order chi connectivity index (χ1) is 8.60. The van der Waals surface area contributed by atoms with E-state index >= 15 is 0 Å². The van der Waals surface area contributed by atoms with E-state index in [-0.39, 0.29) is 11.7 Å². The molecule has 7 nitrogen and oxygen atoms in total. The van der Waals surface area contributed by atoms with Gasteiger partial charge in [-0.05, 0) is 22.4 Å². The molecule has 0 radical (unpaired) electrons. The van der Waals surface area contributed by atoms with Crippen LogP contribution in [0.5, 0.6) is 0 Å². The Morgan fingerprint density at radius 2 is 2.28 bits per heavy atom. The monoisotopic (exact) mass is 318 g/mol. The molecular weight excluding hydrogens is 304 g/mol. The van der Waals surface area contributed by atoms with Gasteiger partial charge in [0.1, 0.15) is 11.9 Å². The molecule has 1 amide bonds. The van der Waals surface area contributed by atoms with Gasteiger partial charge in [-0.2, -0.15) is 5.10 Å². The van der Waals surface area contributed by atoms with Crippen molar-refractivity contribution in [2.75, 3.05) is 26.1 Å². The number of carbonyl (C=O) groups excluding carboxylic acids is 1. The molecule has 1 aliphatic rings. The van der Waals surface area contributed by atoms with Crippen LogP contribution in [0.1, 0.15) is 23.0 Å². The molecule has 0 fully saturated rings. The molecule has 0 aromatic carbocycles. The normalized spacial score (nSPS) is 18.6. The summed E-state index contributed by atoms with van der Waals surface area (Å²) in [5.41, 5.74) is 5.48. The summed E-state index contributed by atoms with van der Waals surface area (Å²) < 4.78 is 12.8. The summed E-state index contributed by atoms with van der Waals surface area (Å²) in [6, 6.07) is -0.0966. The smallest absolute Gasteiger partial charge is 0.270 e. The highest BCUT2D eigenvalue weighted by molar-refractivity contribution is 9.10.